The highest BCUT2D eigenvalue weighted by Crippen LogP contribution is 2.34. The number of nitrogens with one attached hydrogen (secondary N) is 2. The summed E-state index contributed by atoms with van der Waals surface area (Å²) in [6.07, 6.45) is -5.15. The molecule has 0 spiro atoms. The van der Waals surface area contributed by atoms with Gasteiger partial charge in [0.15, 0.2) is 0 Å². The van der Waals surface area contributed by atoms with E-state index in [9.17, 15) is 23.3 Å². The van der Waals surface area contributed by atoms with Gasteiger partial charge in [0.05, 0.1) is 16.6 Å². The normalized spacial score (nSPS) is 12.4. The number of hydrogen-bond donors (Lipinski definition) is 3. The molecular formula is C12H16ClF3N3O3-. The van der Waals surface area contributed by atoms with Crippen LogP contribution in [0.3, 0.4) is 0 Å². The molecule has 6 nitrogen and oxygen atoms in total. The lowest BCUT2D eigenvalue weighted by Crippen LogP contribution is -3.00. The Balaban J connectivity index is 0.00000441. The molecule has 0 bridgehead atoms. The lowest BCUT2D eigenvalue weighted by molar-refractivity contribution is -0.384. The van der Waals surface area contributed by atoms with E-state index in [0.29, 0.717) is 19.2 Å². The first kappa shape index (κ1) is 20.4. The van der Waals surface area contributed by atoms with Crippen molar-refractivity contribution in [2.45, 2.75) is 19.2 Å². The molecule has 0 heterocycles. The molecule has 0 amide bonds. The fourth-order valence-corrected chi connectivity index (χ4v) is 1.61. The van der Waals surface area contributed by atoms with Gasteiger partial charge in [-0.1, -0.05) is 0 Å². The van der Waals surface area contributed by atoms with Gasteiger partial charge in [0, 0.05) is 25.7 Å². The first-order chi connectivity index (χ1) is 9.71. The van der Waals surface area contributed by atoms with E-state index in [1.54, 1.807) is 6.92 Å². The Morgan fingerprint density at radius 2 is 2.00 bits per heavy atom. The van der Waals surface area contributed by atoms with Crippen LogP contribution in [0.5, 0.6) is 0 Å². The Morgan fingerprint density at radius 1 is 1.36 bits per heavy atom. The van der Waals surface area contributed by atoms with Crippen molar-refractivity contribution in [1.29, 1.82) is 0 Å². The van der Waals surface area contributed by atoms with Crippen LogP contribution in [0.25, 0.3) is 0 Å². The highest BCUT2D eigenvalue weighted by Gasteiger charge is 2.32. The van der Waals surface area contributed by atoms with Crippen LogP contribution in [0.2, 0.25) is 0 Å². The van der Waals surface area contributed by atoms with Crippen LogP contribution in [0, 0.1) is 10.1 Å². The third-order valence-corrected chi connectivity index (χ3v) is 2.58. The number of nitrogens with zero attached hydrogens (tertiary/aromatic N) is 1. The number of aliphatic hydroxyl groups is 1. The molecule has 1 atom stereocenters. The smallest absolute Gasteiger partial charge is 0.416 e. The molecule has 10 heteroatoms. The average molecular weight is 343 g/mol. The number of nitro benzene ring substituents is 1. The average Bonchev–Trinajstić information content (AvgIpc) is 2.36. The largest absolute Gasteiger partial charge is 1.00 e. The summed E-state index contributed by atoms with van der Waals surface area (Å²) in [6, 6.07) is 2.33. The zero-order valence-electron chi connectivity index (χ0n) is 11.7. The lowest BCUT2D eigenvalue weighted by atomic mass is 10.1. The molecule has 126 valence electrons. The molecule has 0 aliphatic carbocycles. The number of alkyl halides is 3. The number of halogens is 4. The maximum absolute atomic E-state index is 12.5. The monoisotopic (exact) mass is 342 g/mol. The molecule has 22 heavy (non-hydrogen) atoms. The number of rotatable bonds is 7. The van der Waals surface area contributed by atoms with Crippen molar-refractivity contribution in [2.75, 3.05) is 25.0 Å². The second-order valence-electron chi connectivity index (χ2n) is 4.47. The molecule has 0 saturated heterocycles. The van der Waals surface area contributed by atoms with Gasteiger partial charge in [-0.05, 0) is 19.1 Å². The molecule has 1 rings (SSSR count). The fraction of sp³-hybridized carbons (Fsp3) is 0.500. The molecule has 1 aromatic rings. The Bertz CT molecular complexity index is 498. The summed E-state index contributed by atoms with van der Waals surface area (Å²) < 4.78 is 37.5. The molecule has 0 aliphatic heterocycles. The van der Waals surface area contributed by atoms with E-state index in [1.807, 2.05) is 0 Å². The van der Waals surface area contributed by atoms with Gasteiger partial charge in [0.25, 0.3) is 5.69 Å². The van der Waals surface area contributed by atoms with E-state index in [1.165, 1.54) is 0 Å². The quantitative estimate of drug-likeness (QED) is 0.336. The van der Waals surface area contributed by atoms with Gasteiger partial charge < -0.3 is 28.1 Å². The van der Waals surface area contributed by atoms with Crippen molar-refractivity contribution in [3.63, 3.8) is 0 Å². The number of anilines is 1. The topological polar surface area (TPSA) is 87.4 Å². The fourth-order valence-electron chi connectivity index (χ4n) is 1.61. The second-order valence-corrected chi connectivity index (χ2v) is 4.47. The molecule has 3 N–H and O–H groups in total. The molecule has 0 aromatic heterocycles. The maximum atomic E-state index is 12.5. The predicted octanol–water partition coefficient (Wildman–Crippen LogP) is -1.00. The highest BCUT2D eigenvalue weighted by atomic mass is 35.5. The molecular weight excluding hydrogens is 327 g/mol. The Kier molecular flexibility index (Phi) is 8.13. The molecule has 1 unspecified atom stereocenters. The van der Waals surface area contributed by atoms with E-state index in [-0.39, 0.29) is 24.6 Å². The third-order valence-electron chi connectivity index (χ3n) is 2.58. The standard InChI is InChI=1S/C12H16F3N3O3.ClH/c1-8(19)7-16-4-5-17-10-3-2-9(12(13,14)15)6-11(10)18(20)21;/h2-3,6,8,16-17,19H,4-5,7H2,1H3;1H/p-1. The highest BCUT2D eigenvalue weighted by molar-refractivity contribution is 5.62. The van der Waals surface area contributed by atoms with Gasteiger partial charge in [-0.15, -0.1) is 0 Å². The number of aliphatic hydroxyl groups excluding tert-OH is 1. The first-order valence-electron chi connectivity index (χ1n) is 6.20. The van der Waals surface area contributed by atoms with E-state index < -0.39 is 28.5 Å². The molecule has 0 aliphatic rings. The Hall–Kier alpha value is -1.58. The molecule has 0 radical (unpaired) electrons. The minimum atomic E-state index is -4.62. The second kappa shape index (κ2) is 8.76. The number of hydrogen-bond acceptors (Lipinski definition) is 5. The van der Waals surface area contributed by atoms with Gasteiger partial charge in [0.1, 0.15) is 5.69 Å². The van der Waals surface area contributed by atoms with Gasteiger partial charge in [-0.2, -0.15) is 13.2 Å². The zero-order valence-corrected chi connectivity index (χ0v) is 12.4. The summed E-state index contributed by atoms with van der Waals surface area (Å²) in [4.78, 5) is 9.97. The summed E-state index contributed by atoms with van der Waals surface area (Å²) in [6.45, 7) is 2.64. The van der Waals surface area contributed by atoms with E-state index in [4.69, 9.17) is 5.11 Å². The van der Waals surface area contributed by atoms with Crippen molar-refractivity contribution < 1.29 is 35.6 Å². The van der Waals surface area contributed by atoms with Crippen LogP contribution in [0.15, 0.2) is 18.2 Å². The Morgan fingerprint density at radius 3 is 2.50 bits per heavy atom. The van der Waals surface area contributed by atoms with Gasteiger partial charge in [0.2, 0.25) is 0 Å². The van der Waals surface area contributed by atoms with Crippen molar-refractivity contribution in [1.82, 2.24) is 5.32 Å². The molecule has 1 aromatic carbocycles. The van der Waals surface area contributed by atoms with Gasteiger partial charge >= 0.3 is 6.18 Å². The SMILES string of the molecule is CC(O)CNCCNc1ccc(C(F)(F)F)cc1[N+](=O)[O-].[Cl-]. The van der Waals surface area contributed by atoms with Crippen molar-refractivity contribution in [3.05, 3.63) is 33.9 Å². The Labute approximate surface area is 131 Å². The first-order valence-corrected chi connectivity index (χ1v) is 6.20. The van der Waals surface area contributed by atoms with Crippen molar-refractivity contribution >= 4 is 11.4 Å². The van der Waals surface area contributed by atoms with Crippen molar-refractivity contribution in [2.24, 2.45) is 0 Å². The van der Waals surface area contributed by atoms with Crippen LogP contribution in [-0.4, -0.2) is 35.8 Å². The number of nitro groups is 1. The minimum Gasteiger partial charge on any atom is -1.00 e. The molecule has 0 fully saturated rings. The summed E-state index contributed by atoms with van der Waals surface area (Å²) in [5.74, 6) is 0. The summed E-state index contributed by atoms with van der Waals surface area (Å²) in [5, 5.41) is 25.4. The maximum Gasteiger partial charge on any atom is 0.416 e. The summed E-state index contributed by atoms with van der Waals surface area (Å²) in [5.41, 5.74) is -1.67. The van der Waals surface area contributed by atoms with Crippen LogP contribution in [0.4, 0.5) is 24.5 Å². The zero-order chi connectivity index (χ0) is 16.0. The van der Waals surface area contributed by atoms with E-state index in [0.717, 1.165) is 12.1 Å². The van der Waals surface area contributed by atoms with Gasteiger partial charge in [-0.25, -0.2) is 0 Å². The summed E-state index contributed by atoms with van der Waals surface area (Å²) in [7, 11) is 0. The lowest BCUT2D eigenvalue weighted by Gasteiger charge is -2.11. The predicted molar refractivity (Wildman–Crippen MR) is 71.1 cm³/mol. The van der Waals surface area contributed by atoms with E-state index in [2.05, 4.69) is 10.6 Å². The van der Waals surface area contributed by atoms with Crippen LogP contribution in [-0.2, 0) is 6.18 Å². The summed E-state index contributed by atoms with van der Waals surface area (Å²) >= 11 is 0. The minimum absolute atomic E-state index is 0. The third kappa shape index (κ3) is 6.46. The van der Waals surface area contributed by atoms with Crippen molar-refractivity contribution in [3.8, 4) is 0 Å². The van der Waals surface area contributed by atoms with Crippen LogP contribution in [0.1, 0.15) is 12.5 Å². The molecule has 0 saturated carbocycles. The van der Waals surface area contributed by atoms with Crippen LogP contribution >= 0.6 is 0 Å². The number of benzene rings is 1. The van der Waals surface area contributed by atoms with Gasteiger partial charge in [-0.3, -0.25) is 10.1 Å². The van der Waals surface area contributed by atoms with Crippen LogP contribution < -0.4 is 23.0 Å². The van der Waals surface area contributed by atoms with E-state index >= 15 is 0 Å².